The van der Waals surface area contributed by atoms with Crippen molar-refractivity contribution in [3.8, 4) is 0 Å². The summed E-state index contributed by atoms with van der Waals surface area (Å²) < 4.78 is 0. The fourth-order valence-corrected chi connectivity index (χ4v) is 3.63. The van der Waals surface area contributed by atoms with Gasteiger partial charge >= 0.3 is 5.97 Å². The van der Waals surface area contributed by atoms with Gasteiger partial charge in [-0.3, -0.25) is 9.59 Å². The van der Waals surface area contributed by atoms with Crippen LogP contribution in [-0.4, -0.2) is 34.5 Å². The molecule has 108 valence electrons. The van der Waals surface area contributed by atoms with Crippen LogP contribution in [-0.2, 0) is 9.59 Å². The zero-order valence-electron chi connectivity index (χ0n) is 11.6. The number of carbonyl (C=O) groups is 2. The number of likely N-dealkylation sites (tertiary alicyclic amines) is 1. The van der Waals surface area contributed by atoms with Gasteiger partial charge in [0.05, 0.1) is 0 Å². The van der Waals surface area contributed by atoms with Gasteiger partial charge in [0.1, 0.15) is 0 Å². The second-order valence-electron chi connectivity index (χ2n) is 5.94. The average Bonchev–Trinajstić information content (AvgIpc) is 3.02. The Hall–Kier alpha value is -1.06. The standard InChI is InChI=1S/C15H25NO3/c17-14(9-3-4-10-15(18)19)16-11-5-8-13(16)12-6-1-2-7-12/h12-13H,1-11H2,(H,18,19). The van der Waals surface area contributed by atoms with Gasteiger partial charge in [-0.05, 0) is 44.4 Å². The molecule has 1 heterocycles. The van der Waals surface area contributed by atoms with Crippen molar-refractivity contribution in [1.29, 1.82) is 0 Å². The number of hydrogen-bond donors (Lipinski definition) is 1. The Morgan fingerprint density at radius 2 is 1.68 bits per heavy atom. The largest absolute Gasteiger partial charge is 0.481 e. The molecule has 4 heteroatoms. The zero-order chi connectivity index (χ0) is 13.7. The smallest absolute Gasteiger partial charge is 0.303 e. The summed E-state index contributed by atoms with van der Waals surface area (Å²) in [7, 11) is 0. The average molecular weight is 267 g/mol. The lowest BCUT2D eigenvalue weighted by molar-refractivity contribution is -0.138. The minimum absolute atomic E-state index is 0.180. The van der Waals surface area contributed by atoms with E-state index in [0.717, 1.165) is 18.9 Å². The van der Waals surface area contributed by atoms with Gasteiger partial charge in [-0.1, -0.05) is 12.8 Å². The molecule has 1 amide bonds. The van der Waals surface area contributed by atoms with Crippen LogP contribution in [0.4, 0.5) is 0 Å². The van der Waals surface area contributed by atoms with Gasteiger partial charge in [0.2, 0.25) is 5.91 Å². The fourth-order valence-electron chi connectivity index (χ4n) is 3.63. The molecule has 0 aromatic heterocycles. The van der Waals surface area contributed by atoms with Crippen molar-refractivity contribution in [1.82, 2.24) is 4.90 Å². The number of nitrogens with zero attached hydrogens (tertiary/aromatic N) is 1. The lowest BCUT2D eigenvalue weighted by Crippen LogP contribution is -2.39. The highest BCUT2D eigenvalue weighted by atomic mass is 16.4. The first-order chi connectivity index (χ1) is 9.18. The van der Waals surface area contributed by atoms with Crippen LogP contribution < -0.4 is 0 Å². The summed E-state index contributed by atoms with van der Waals surface area (Å²) in [4.78, 5) is 24.8. The van der Waals surface area contributed by atoms with Gasteiger partial charge in [0, 0.05) is 25.4 Å². The van der Waals surface area contributed by atoms with Gasteiger partial charge in [0.15, 0.2) is 0 Å². The number of carboxylic acid groups (broad SMARTS) is 1. The molecule has 2 aliphatic rings. The topological polar surface area (TPSA) is 57.6 Å². The molecule has 4 nitrogen and oxygen atoms in total. The van der Waals surface area contributed by atoms with Crippen LogP contribution in [0.2, 0.25) is 0 Å². The summed E-state index contributed by atoms with van der Waals surface area (Å²) >= 11 is 0. The molecule has 0 aromatic rings. The lowest BCUT2D eigenvalue weighted by atomic mass is 9.96. The van der Waals surface area contributed by atoms with Crippen LogP contribution >= 0.6 is 0 Å². The minimum atomic E-state index is -0.766. The maximum Gasteiger partial charge on any atom is 0.303 e. The van der Waals surface area contributed by atoms with E-state index in [1.54, 1.807) is 0 Å². The normalized spacial score (nSPS) is 24.0. The second kappa shape index (κ2) is 6.92. The van der Waals surface area contributed by atoms with Crippen molar-refractivity contribution >= 4 is 11.9 Å². The first-order valence-electron chi connectivity index (χ1n) is 7.70. The van der Waals surface area contributed by atoms with Crippen LogP contribution in [0.3, 0.4) is 0 Å². The van der Waals surface area contributed by atoms with E-state index in [2.05, 4.69) is 4.90 Å². The predicted molar refractivity (Wildman–Crippen MR) is 72.8 cm³/mol. The first-order valence-corrected chi connectivity index (χ1v) is 7.70. The summed E-state index contributed by atoms with van der Waals surface area (Å²) in [6.45, 7) is 0.916. The number of unbranched alkanes of at least 4 members (excludes halogenated alkanes) is 1. The summed E-state index contributed by atoms with van der Waals surface area (Å²) in [5.41, 5.74) is 0. The van der Waals surface area contributed by atoms with E-state index >= 15 is 0 Å². The third-order valence-corrected chi connectivity index (χ3v) is 4.59. The maximum atomic E-state index is 12.2. The molecule has 1 N–H and O–H groups in total. The van der Waals surface area contributed by atoms with Crippen molar-refractivity contribution in [2.24, 2.45) is 5.92 Å². The molecule has 0 spiro atoms. The van der Waals surface area contributed by atoms with Gasteiger partial charge in [0.25, 0.3) is 0 Å². The molecule has 2 fully saturated rings. The molecule has 19 heavy (non-hydrogen) atoms. The SMILES string of the molecule is O=C(O)CCCCC(=O)N1CCCC1C1CCCC1. The Bertz CT molecular complexity index is 323. The van der Waals surface area contributed by atoms with Crippen molar-refractivity contribution < 1.29 is 14.7 Å². The molecule has 1 unspecified atom stereocenters. The highest BCUT2D eigenvalue weighted by molar-refractivity contribution is 5.77. The summed E-state index contributed by atoms with van der Waals surface area (Å²) in [5.74, 6) is 0.211. The van der Waals surface area contributed by atoms with E-state index in [1.807, 2.05) is 0 Å². The molecule has 1 saturated carbocycles. The van der Waals surface area contributed by atoms with Crippen LogP contribution in [0.1, 0.15) is 64.2 Å². The Kier molecular flexibility index (Phi) is 5.23. The Morgan fingerprint density at radius 1 is 1.00 bits per heavy atom. The van der Waals surface area contributed by atoms with Crippen molar-refractivity contribution in [2.75, 3.05) is 6.54 Å². The number of amides is 1. The minimum Gasteiger partial charge on any atom is -0.481 e. The Labute approximate surface area is 115 Å². The highest BCUT2D eigenvalue weighted by Crippen LogP contribution is 2.35. The molecule has 2 rings (SSSR count). The van der Waals surface area contributed by atoms with Gasteiger partial charge in [-0.25, -0.2) is 0 Å². The van der Waals surface area contributed by atoms with Crippen LogP contribution in [0.5, 0.6) is 0 Å². The monoisotopic (exact) mass is 267 g/mol. The van der Waals surface area contributed by atoms with Crippen molar-refractivity contribution in [3.05, 3.63) is 0 Å². The number of carboxylic acids is 1. The van der Waals surface area contributed by atoms with Crippen LogP contribution in [0.25, 0.3) is 0 Å². The Balaban J connectivity index is 1.75. The van der Waals surface area contributed by atoms with E-state index < -0.39 is 5.97 Å². The molecule has 1 aliphatic heterocycles. The summed E-state index contributed by atoms with van der Waals surface area (Å²) in [6.07, 6.45) is 9.55. The maximum absolute atomic E-state index is 12.2. The van der Waals surface area contributed by atoms with E-state index in [4.69, 9.17) is 5.11 Å². The van der Waals surface area contributed by atoms with E-state index in [1.165, 1.54) is 32.1 Å². The van der Waals surface area contributed by atoms with E-state index in [-0.39, 0.29) is 12.3 Å². The quantitative estimate of drug-likeness (QED) is 0.753. The fraction of sp³-hybridized carbons (Fsp3) is 0.867. The van der Waals surface area contributed by atoms with E-state index in [9.17, 15) is 9.59 Å². The third kappa shape index (κ3) is 3.95. The number of aliphatic carboxylic acids is 1. The van der Waals surface area contributed by atoms with E-state index in [0.29, 0.717) is 25.3 Å². The Morgan fingerprint density at radius 3 is 2.37 bits per heavy atom. The molecule has 0 bridgehead atoms. The molecule has 1 saturated heterocycles. The number of rotatable bonds is 6. The second-order valence-corrected chi connectivity index (χ2v) is 5.94. The van der Waals surface area contributed by atoms with Gasteiger partial charge < -0.3 is 10.0 Å². The highest BCUT2D eigenvalue weighted by Gasteiger charge is 2.35. The van der Waals surface area contributed by atoms with Gasteiger partial charge in [-0.2, -0.15) is 0 Å². The molecule has 0 aromatic carbocycles. The van der Waals surface area contributed by atoms with Crippen molar-refractivity contribution in [3.63, 3.8) is 0 Å². The lowest BCUT2D eigenvalue weighted by Gasteiger charge is -2.29. The van der Waals surface area contributed by atoms with Gasteiger partial charge in [-0.15, -0.1) is 0 Å². The van der Waals surface area contributed by atoms with Crippen LogP contribution in [0, 0.1) is 5.92 Å². The summed E-state index contributed by atoms with van der Waals surface area (Å²) in [6, 6.07) is 0.481. The zero-order valence-corrected chi connectivity index (χ0v) is 11.6. The molecule has 0 radical (unpaired) electrons. The summed E-state index contributed by atoms with van der Waals surface area (Å²) in [5, 5.41) is 8.58. The molecule has 1 aliphatic carbocycles. The van der Waals surface area contributed by atoms with Crippen LogP contribution in [0.15, 0.2) is 0 Å². The number of carbonyl (C=O) groups excluding carboxylic acids is 1. The molecule has 1 atom stereocenters. The van der Waals surface area contributed by atoms with Crippen molar-refractivity contribution in [2.45, 2.75) is 70.3 Å². The molecular weight excluding hydrogens is 242 g/mol. The third-order valence-electron chi connectivity index (χ3n) is 4.59. The first kappa shape index (κ1) is 14.4. The predicted octanol–water partition coefficient (Wildman–Crippen LogP) is 2.81. The molecular formula is C15H25NO3. The number of hydrogen-bond acceptors (Lipinski definition) is 2.